The molecule has 3 heteroatoms. The van der Waals surface area contributed by atoms with E-state index >= 15 is 0 Å². The summed E-state index contributed by atoms with van der Waals surface area (Å²) in [4.78, 5) is 4.22. The summed E-state index contributed by atoms with van der Waals surface area (Å²) in [5.41, 5.74) is 1.92. The zero-order valence-corrected chi connectivity index (χ0v) is 11.7. The first-order valence-corrected chi connectivity index (χ1v) is 7.63. The van der Waals surface area contributed by atoms with E-state index in [2.05, 4.69) is 17.6 Å². The van der Waals surface area contributed by atoms with Gasteiger partial charge in [0.15, 0.2) is 0 Å². The van der Waals surface area contributed by atoms with Crippen LogP contribution in [0.25, 0.3) is 0 Å². The monoisotopic (exact) mass is 271 g/mol. The summed E-state index contributed by atoms with van der Waals surface area (Å²) in [5.74, 6) is 0.978. The van der Waals surface area contributed by atoms with Crippen molar-refractivity contribution < 1.29 is 9.84 Å². The van der Waals surface area contributed by atoms with Crippen molar-refractivity contribution >= 4 is 0 Å². The third-order valence-electron chi connectivity index (χ3n) is 5.75. The maximum Gasteiger partial charge on any atom is 0.0974 e. The van der Waals surface area contributed by atoms with E-state index in [1.54, 1.807) is 0 Å². The fourth-order valence-electron chi connectivity index (χ4n) is 4.73. The second kappa shape index (κ2) is 4.40. The molecule has 2 fully saturated rings. The van der Waals surface area contributed by atoms with Crippen LogP contribution in [0.15, 0.2) is 31.1 Å². The second-order valence-electron chi connectivity index (χ2n) is 6.53. The number of aryl methyl sites for hydroxylation is 1. The molecule has 20 heavy (non-hydrogen) atoms. The van der Waals surface area contributed by atoms with Crippen LogP contribution >= 0.6 is 0 Å². The van der Waals surface area contributed by atoms with Crippen molar-refractivity contribution in [3.63, 3.8) is 0 Å². The standard InChI is InChI=1S/C17H21NO2/c1-2-12-4-6-15-14-5-3-11-9-18-8-7-13(11)16(14)20-10-17(12,15)19/h2,7-9,12,14-16,19H,1,3-6,10H2/t12-,14+,15+,16-,17+/m1/s1. The summed E-state index contributed by atoms with van der Waals surface area (Å²) in [5, 5.41) is 11.0. The van der Waals surface area contributed by atoms with Gasteiger partial charge in [0, 0.05) is 18.3 Å². The largest absolute Gasteiger partial charge is 0.387 e. The lowest BCUT2D eigenvalue weighted by atomic mass is 9.67. The maximum absolute atomic E-state index is 11.0. The Hall–Kier alpha value is -1.19. The number of aromatic nitrogens is 1. The highest BCUT2D eigenvalue weighted by molar-refractivity contribution is 5.31. The quantitative estimate of drug-likeness (QED) is 0.798. The Kier molecular flexibility index (Phi) is 2.76. The van der Waals surface area contributed by atoms with Crippen LogP contribution in [-0.4, -0.2) is 22.3 Å². The zero-order chi connectivity index (χ0) is 13.7. The lowest BCUT2D eigenvalue weighted by Gasteiger charge is -2.48. The van der Waals surface area contributed by atoms with Crippen molar-refractivity contribution in [3.8, 4) is 0 Å². The summed E-state index contributed by atoms with van der Waals surface area (Å²) < 4.78 is 6.13. The summed E-state index contributed by atoms with van der Waals surface area (Å²) in [7, 11) is 0. The average Bonchev–Trinajstić information content (AvgIpc) is 2.83. The topological polar surface area (TPSA) is 42.4 Å². The molecule has 0 amide bonds. The van der Waals surface area contributed by atoms with Crippen LogP contribution in [0.5, 0.6) is 0 Å². The van der Waals surface area contributed by atoms with E-state index in [9.17, 15) is 5.11 Å². The SMILES string of the molecule is C=C[C@@H]1CC[C@H]2[C@@H]3CCc4cnccc4[C@H]3OC[C@]12O. The van der Waals surface area contributed by atoms with Crippen LogP contribution in [-0.2, 0) is 11.2 Å². The Bertz CT molecular complexity index is 544. The van der Waals surface area contributed by atoms with Gasteiger partial charge in [0.05, 0.1) is 18.3 Å². The van der Waals surface area contributed by atoms with Crippen LogP contribution in [0.4, 0.5) is 0 Å². The van der Waals surface area contributed by atoms with E-state index < -0.39 is 5.60 Å². The molecule has 0 unspecified atom stereocenters. The van der Waals surface area contributed by atoms with Crippen LogP contribution in [0.2, 0.25) is 0 Å². The van der Waals surface area contributed by atoms with E-state index in [1.165, 1.54) is 11.1 Å². The first-order chi connectivity index (χ1) is 9.74. The van der Waals surface area contributed by atoms with Gasteiger partial charge < -0.3 is 9.84 Å². The number of hydrogen-bond acceptors (Lipinski definition) is 3. The molecule has 4 rings (SSSR count). The molecule has 0 aromatic carbocycles. The Balaban J connectivity index is 1.70. The van der Waals surface area contributed by atoms with E-state index in [0.29, 0.717) is 18.4 Å². The van der Waals surface area contributed by atoms with Gasteiger partial charge >= 0.3 is 0 Å². The number of fused-ring (bicyclic) bond motifs is 5. The Morgan fingerprint density at radius 1 is 1.40 bits per heavy atom. The Morgan fingerprint density at radius 2 is 2.30 bits per heavy atom. The van der Waals surface area contributed by atoms with Gasteiger partial charge in [0.25, 0.3) is 0 Å². The molecule has 1 saturated heterocycles. The summed E-state index contributed by atoms with van der Waals surface area (Å²) >= 11 is 0. The minimum Gasteiger partial charge on any atom is -0.387 e. The fraction of sp³-hybridized carbons (Fsp3) is 0.588. The minimum atomic E-state index is -0.687. The molecule has 1 aromatic heterocycles. The van der Waals surface area contributed by atoms with E-state index in [4.69, 9.17) is 4.74 Å². The number of aliphatic hydroxyl groups is 1. The van der Waals surface area contributed by atoms with Crippen LogP contribution in [0.1, 0.15) is 36.5 Å². The van der Waals surface area contributed by atoms with E-state index in [1.807, 2.05) is 18.5 Å². The fourth-order valence-corrected chi connectivity index (χ4v) is 4.73. The number of nitrogens with zero attached hydrogens (tertiary/aromatic N) is 1. The third kappa shape index (κ3) is 1.57. The molecule has 0 spiro atoms. The normalized spacial score (nSPS) is 42.5. The minimum absolute atomic E-state index is 0.149. The van der Waals surface area contributed by atoms with Crippen LogP contribution < -0.4 is 0 Å². The maximum atomic E-state index is 11.0. The Labute approximate surface area is 119 Å². The lowest BCUT2D eigenvalue weighted by molar-refractivity contribution is -0.190. The smallest absolute Gasteiger partial charge is 0.0974 e. The van der Waals surface area contributed by atoms with Gasteiger partial charge in [-0.05, 0) is 54.7 Å². The molecule has 0 radical (unpaired) electrons. The molecule has 3 nitrogen and oxygen atoms in total. The van der Waals surface area contributed by atoms with Gasteiger partial charge in [-0.3, -0.25) is 4.98 Å². The molecule has 106 valence electrons. The highest BCUT2D eigenvalue weighted by Gasteiger charge is 2.56. The molecule has 3 aliphatic rings. The molecule has 1 N–H and O–H groups in total. The molecule has 1 aromatic rings. The van der Waals surface area contributed by atoms with Crippen molar-refractivity contribution in [1.29, 1.82) is 0 Å². The lowest BCUT2D eigenvalue weighted by Crippen LogP contribution is -2.53. The van der Waals surface area contributed by atoms with Gasteiger partial charge in [-0.1, -0.05) is 6.08 Å². The molecular formula is C17H21NO2. The van der Waals surface area contributed by atoms with Gasteiger partial charge in [0.2, 0.25) is 0 Å². The van der Waals surface area contributed by atoms with E-state index in [0.717, 1.165) is 25.7 Å². The highest BCUT2D eigenvalue weighted by atomic mass is 16.5. The van der Waals surface area contributed by atoms with Crippen molar-refractivity contribution in [1.82, 2.24) is 4.98 Å². The van der Waals surface area contributed by atoms with Crippen LogP contribution in [0, 0.1) is 17.8 Å². The molecule has 5 atom stereocenters. The number of pyridine rings is 1. The predicted octanol–water partition coefficient (Wildman–Crippen LogP) is 2.66. The number of ether oxygens (including phenoxy) is 1. The first kappa shape index (κ1) is 12.5. The summed E-state index contributed by atoms with van der Waals surface area (Å²) in [6.45, 7) is 4.34. The van der Waals surface area contributed by atoms with Gasteiger partial charge in [-0.2, -0.15) is 0 Å². The van der Waals surface area contributed by atoms with Crippen molar-refractivity contribution in [3.05, 3.63) is 42.2 Å². The van der Waals surface area contributed by atoms with E-state index in [-0.39, 0.29) is 12.0 Å². The van der Waals surface area contributed by atoms with Crippen molar-refractivity contribution in [2.24, 2.45) is 17.8 Å². The number of hydrogen-bond donors (Lipinski definition) is 1. The van der Waals surface area contributed by atoms with Crippen molar-refractivity contribution in [2.45, 2.75) is 37.4 Å². The molecule has 1 saturated carbocycles. The van der Waals surface area contributed by atoms with Gasteiger partial charge in [-0.25, -0.2) is 0 Å². The molecule has 2 heterocycles. The highest BCUT2D eigenvalue weighted by Crippen LogP contribution is 2.55. The molecule has 0 bridgehead atoms. The third-order valence-corrected chi connectivity index (χ3v) is 5.75. The average molecular weight is 271 g/mol. The summed E-state index contributed by atoms with van der Waals surface area (Å²) in [6.07, 6.45) is 10.2. The first-order valence-electron chi connectivity index (χ1n) is 7.63. The number of rotatable bonds is 1. The summed E-state index contributed by atoms with van der Waals surface area (Å²) in [6, 6.07) is 2.09. The van der Waals surface area contributed by atoms with Crippen molar-refractivity contribution in [2.75, 3.05) is 6.61 Å². The van der Waals surface area contributed by atoms with Crippen LogP contribution in [0.3, 0.4) is 0 Å². The van der Waals surface area contributed by atoms with Gasteiger partial charge in [-0.15, -0.1) is 6.58 Å². The molecule has 1 aliphatic heterocycles. The zero-order valence-electron chi connectivity index (χ0n) is 11.7. The Morgan fingerprint density at radius 3 is 3.15 bits per heavy atom. The second-order valence-corrected chi connectivity index (χ2v) is 6.53. The van der Waals surface area contributed by atoms with Gasteiger partial charge in [0.1, 0.15) is 0 Å². The predicted molar refractivity (Wildman–Crippen MR) is 76.1 cm³/mol. The molecular weight excluding hydrogens is 250 g/mol. The molecule has 2 aliphatic carbocycles.